The summed E-state index contributed by atoms with van der Waals surface area (Å²) in [5.41, 5.74) is 0. The third-order valence-corrected chi connectivity index (χ3v) is 3.12. The van der Waals surface area contributed by atoms with Crippen LogP contribution in [0.25, 0.3) is 0 Å². The number of alkyl halides is 3. The highest BCUT2D eigenvalue weighted by atomic mass is 19.4. The highest BCUT2D eigenvalue weighted by Gasteiger charge is 2.25. The summed E-state index contributed by atoms with van der Waals surface area (Å²) >= 11 is 0. The SMILES string of the molecule is FC(F)(F)CCCCCCCCCOc1ccccc1. The molecule has 0 saturated heterocycles. The molecule has 0 atom stereocenters. The summed E-state index contributed by atoms with van der Waals surface area (Å²) in [6.45, 7) is 0.706. The van der Waals surface area contributed by atoms with Gasteiger partial charge in [0.15, 0.2) is 0 Å². The van der Waals surface area contributed by atoms with Crippen molar-refractivity contribution in [2.45, 2.75) is 57.5 Å². The van der Waals surface area contributed by atoms with Crippen LogP contribution in [0.1, 0.15) is 51.4 Å². The number of rotatable bonds is 10. The maximum absolute atomic E-state index is 11.9. The highest BCUT2D eigenvalue weighted by molar-refractivity contribution is 5.20. The van der Waals surface area contributed by atoms with Crippen molar-refractivity contribution >= 4 is 0 Å². The zero-order valence-corrected chi connectivity index (χ0v) is 11.8. The number of hydrogen-bond donors (Lipinski definition) is 0. The second-order valence-electron chi connectivity index (χ2n) is 5.00. The molecule has 0 aliphatic carbocycles. The van der Waals surface area contributed by atoms with Gasteiger partial charge in [0.05, 0.1) is 6.61 Å². The van der Waals surface area contributed by atoms with E-state index in [1.807, 2.05) is 30.3 Å². The quantitative estimate of drug-likeness (QED) is 0.498. The number of benzene rings is 1. The van der Waals surface area contributed by atoms with Crippen LogP contribution < -0.4 is 4.74 Å². The van der Waals surface area contributed by atoms with Crippen LogP contribution in [0.2, 0.25) is 0 Å². The van der Waals surface area contributed by atoms with Gasteiger partial charge in [0.1, 0.15) is 5.75 Å². The first-order valence-electron chi connectivity index (χ1n) is 7.32. The smallest absolute Gasteiger partial charge is 0.389 e. The summed E-state index contributed by atoms with van der Waals surface area (Å²) in [6.07, 6.45) is 1.37. The zero-order valence-electron chi connectivity index (χ0n) is 11.8. The van der Waals surface area contributed by atoms with E-state index >= 15 is 0 Å². The Hall–Kier alpha value is -1.19. The van der Waals surface area contributed by atoms with E-state index in [4.69, 9.17) is 4.74 Å². The number of ether oxygens (including phenoxy) is 1. The summed E-state index contributed by atoms with van der Waals surface area (Å²) in [5, 5.41) is 0. The Bertz CT molecular complexity index is 335. The summed E-state index contributed by atoms with van der Waals surface area (Å²) in [4.78, 5) is 0. The number of unbranched alkanes of at least 4 members (excludes halogenated alkanes) is 6. The largest absolute Gasteiger partial charge is 0.494 e. The number of hydrogen-bond acceptors (Lipinski definition) is 1. The molecular formula is C16H23F3O. The van der Waals surface area contributed by atoms with Crippen molar-refractivity contribution < 1.29 is 17.9 Å². The molecule has 0 amide bonds. The van der Waals surface area contributed by atoms with E-state index in [0.717, 1.165) is 37.9 Å². The molecule has 1 rings (SSSR count). The molecule has 0 fully saturated rings. The Morgan fingerprint density at radius 2 is 1.30 bits per heavy atom. The molecule has 0 unspecified atom stereocenters. The Kier molecular flexibility index (Phi) is 8.16. The third-order valence-electron chi connectivity index (χ3n) is 3.12. The summed E-state index contributed by atoms with van der Waals surface area (Å²) in [6, 6.07) is 9.69. The molecule has 20 heavy (non-hydrogen) atoms. The van der Waals surface area contributed by atoms with Gasteiger partial charge in [-0.3, -0.25) is 0 Å². The molecule has 1 aromatic rings. The molecule has 0 bridgehead atoms. The van der Waals surface area contributed by atoms with E-state index in [-0.39, 0.29) is 6.42 Å². The van der Waals surface area contributed by atoms with Gasteiger partial charge < -0.3 is 4.74 Å². The van der Waals surface area contributed by atoms with E-state index in [9.17, 15) is 13.2 Å². The Morgan fingerprint density at radius 3 is 1.90 bits per heavy atom. The van der Waals surface area contributed by atoms with Crippen molar-refractivity contribution in [2.24, 2.45) is 0 Å². The second-order valence-corrected chi connectivity index (χ2v) is 5.00. The van der Waals surface area contributed by atoms with Gasteiger partial charge in [0, 0.05) is 6.42 Å². The molecule has 114 valence electrons. The molecule has 0 spiro atoms. The fourth-order valence-electron chi connectivity index (χ4n) is 2.02. The highest BCUT2D eigenvalue weighted by Crippen LogP contribution is 2.23. The van der Waals surface area contributed by atoms with Crippen LogP contribution in [0.5, 0.6) is 5.75 Å². The molecule has 0 radical (unpaired) electrons. The number of halogens is 3. The van der Waals surface area contributed by atoms with E-state index in [1.165, 1.54) is 0 Å². The lowest BCUT2D eigenvalue weighted by molar-refractivity contribution is -0.135. The van der Waals surface area contributed by atoms with E-state index < -0.39 is 12.6 Å². The third kappa shape index (κ3) is 9.70. The number of para-hydroxylation sites is 1. The van der Waals surface area contributed by atoms with Crippen molar-refractivity contribution in [1.29, 1.82) is 0 Å². The molecule has 0 heterocycles. The van der Waals surface area contributed by atoms with E-state index in [1.54, 1.807) is 0 Å². The van der Waals surface area contributed by atoms with Crippen molar-refractivity contribution in [3.63, 3.8) is 0 Å². The van der Waals surface area contributed by atoms with Crippen LogP contribution in [0.15, 0.2) is 30.3 Å². The predicted molar refractivity (Wildman–Crippen MR) is 74.9 cm³/mol. The molecule has 0 saturated carbocycles. The average molecular weight is 288 g/mol. The van der Waals surface area contributed by atoms with Crippen LogP contribution >= 0.6 is 0 Å². The van der Waals surface area contributed by atoms with Gasteiger partial charge in [-0.2, -0.15) is 13.2 Å². The van der Waals surface area contributed by atoms with E-state index in [0.29, 0.717) is 13.0 Å². The summed E-state index contributed by atoms with van der Waals surface area (Å²) in [5.74, 6) is 0.889. The van der Waals surface area contributed by atoms with Crippen LogP contribution in [-0.4, -0.2) is 12.8 Å². The minimum atomic E-state index is -3.99. The molecular weight excluding hydrogens is 265 g/mol. The van der Waals surface area contributed by atoms with Crippen LogP contribution in [0.3, 0.4) is 0 Å². The fourth-order valence-corrected chi connectivity index (χ4v) is 2.02. The van der Waals surface area contributed by atoms with Gasteiger partial charge in [-0.25, -0.2) is 0 Å². The van der Waals surface area contributed by atoms with Gasteiger partial charge in [-0.1, -0.05) is 50.3 Å². The molecule has 0 N–H and O–H groups in total. The maximum atomic E-state index is 11.9. The van der Waals surface area contributed by atoms with Crippen molar-refractivity contribution in [1.82, 2.24) is 0 Å². The van der Waals surface area contributed by atoms with Crippen LogP contribution in [-0.2, 0) is 0 Å². The van der Waals surface area contributed by atoms with Gasteiger partial charge >= 0.3 is 6.18 Å². The van der Waals surface area contributed by atoms with Gasteiger partial charge in [0.25, 0.3) is 0 Å². The predicted octanol–water partition coefficient (Wildman–Crippen LogP) is 5.75. The molecule has 1 nitrogen and oxygen atoms in total. The lowest BCUT2D eigenvalue weighted by atomic mass is 10.1. The van der Waals surface area contributed by atoms with Gasteiger partial charge in [-0.15, -0.1) is 0 Å². The minimum absolute atomic E-state index is 0.265. The lowest BCUT2D eigenvalue weighted by Gasteiger charge is -2.06. The van der Waals surface area contributed by atoms with Crippen molar-refractivity contribution in [3.05, 3.63) is 30.3 Å². The van der Waals surface area contributed by atoms with Crippen LogP contribution in [0.4, 0.5) is 13.2 Å². The maximum Gasteiger partial charge on any atom is 0.389 e. The van der Waals surface area contributed by atoms with Crippen molar-refractivity contribution in [2.75, 3.05) is 6.61 Å². The molecule has 0 aliphatic rings. The van der Waals surface area contributed by atoms with Crippen molar-refractivity contribution in [3.8, 4) is 5.75 Å². The monoisotopic (exact) mass is 288 g/mol. The second kappa shape index (κ2) is 9.67. The Morgan fingerprint density at radius 1 is 0.750 bits per heavy atom. The molecule has 0 aromatic heterocycles. The Labute approximate surface area is 119 Å². The minimum Gasteiger partial charge on any atom is -0.494 e. The van der Waals surface area contributed by atoms with Crippen LogP contribution in [0, 0.1) is 0 Å². The summed E-state index contributed by atoms with van der Waals surface area (Å²) in [7, 11) is 0. The van der Waals surface area contributed by atoms with E-state index in [2.05, 4.69) is 0 Å². The molecule has 0 aliphatic heterocycles. The van der Waals surface area contributed by atoms with Gasteiger partial charge in [0.2, 0.25) is 0 Å². The first-order chi connectivity index (χ1) is 9.58. The molecule has 4 heteroatoms. The summed E-state index contributed by atoms with van der Waals surface area (Å²) < 4.78 is 41.3. The standard InChI is InChI=1S/C16H23F3O/c17-16(18,19)13-9-4-2-1-3-5-10-14-20-15-11-7-6-8-12-15/h6-8,11-12H,1-5,9-10,13-14H2. The first kappa shape index (κ1) is 16.9. The molecule has 1 aromatic carbocycles. The lowest BCUT2D eigenvalue weighted by Crippen LogP contribution is -2.06. The average Bonchev–Trinajstić information content (AvgIpc) is 2.41. The fraction of sp³-hybridized carbons (Fsp3) is 0.625. The topological polar surface area (TPSA) is 9.23 Å². The first-order valence-corrected chi connectivity index (χ1v) is 7.32. The Balaban J connectivity index is 1.83. The normalized spacial score (nSPS) is 11.6. The zero-order chi connectivity index (χ0) is 14.7. The van der Waals surface area contributed by atoms with Gasteiger partial charge in [-0.05, 0) is 25.0 Å².